The van der Waals surface area contributed by atoms with Gasteiger partial charge < -0.3 is 10.1 Å². The average Bonchev–Trinajstić information content (AvgIpc) is 2.94. The van der Waals surface area contributed by atoms with Crippen LogP contribution in [0.15, 0.2) is 90.2 Å². The molecule has 2 aliphatic rings. The highest BCUT2D eigenvalue weighted by molar-refractivity contribution is 5.75. The molecule has 0 aliphatic heterocycles. The van der Waals surface area contributed by atoms with Gasteiger partial charge >= 0.3 is 0 Å². The fourth-order valence-electron chi connectivity index (χ4n) is 4.89. The van der Waals surface area contributed by atoms with Gasteiger partial charge in [0.1, 0.15) is 18.1 Å². The van der Waals surface area contributed by atoms with Crippen molar-refractivity contribution in [3.05, 3.63) is 107 Å². The Morgan fingerprint density at radius 2 is 1.76 bits per heavy atom. The third-order valence-corrected chi connectivity index (χ3v) is 7.04. The minimum absolute atomic E-state index is 0.329. The largest absolute Gasteiger partial charge is 0.483 e. The van der Waals surface area contributed by atoms with Crippen LogP contribution in [0.4, 0.5) is 5.82 Å². The predicted molar refractivity (Wildman–Crippen MR) is 148 cm³/mol. The second kappa shape index (κ2) is 11.3. The molecule has 0 radical (unpaired) electrons. The number of nitrogens with one attached hydrogen (secondary N) is 1. The Bertz CT molecular complexity index is 1370. The summed E-state index contributed by atoms with van der Waals surface area (Å²) >= 11 is 0. The molecule has 2 aromatic carbocycles. The summed E-state index contributed by atoms with van der Waals surface area (Å²) in [7, 11) is 0. The number of anilines is 1. The van der Waals surface area contributed by atoms with Crippen LogP contribution in [0, 0.1) is 18.3 Å². The molecule has 2 aliphatic carbocycles. The molecule has 0 bridgehead atoms. The Labute approximate surface area is 219 Å². The Hall–Kier alpha value is -4.17. The van der Waals surface area contributed by atoms with Crippen molar-refractivity contribution in [3.8, 4) is 23.1 Å². The van der Waals surface area contributed by atoms with Gasteiger partial charge in [-0.15, -0.1) is 0 Å². The minimum Gasteiger partial charge on any atom is -0.483 e. The van der Waals surface area contributed by atoms with Gasteiger partial charge in [-0.05, 0) is 43.1 Å². The molecular formula is C32H32N4O. The number of hydrogen-bond donors (Lipinski definition) is 1. The molecule has 0 amide bonds. The van der Waals surface area contributed by atoms with Crippen molar-refractivity contribution >= 4 is 5.82 Å². The number of aryl methyl sites for hydroxylation is 1. The number of aromatic nitrogens is 2. The third-order valence-electron chi connectivity index (χ3n) is 7.04. The molecule has 3 aromatic rings. The van der Waals surface area contributed by atoms with E-state index in [9.17, 15) is 5.26 Å². The molecule has 0 saturated heterocycles. The highest BCUT2D eigenvalue weighted by atomic mass is 16.5. The zero-order chi connectivity index (χ0) is 25.6. The summed E-state index contributed by atoms with van der Waals surface area (Å²) in [6.45, 7) is 6.70. The zero-order valence-corrected chi connectivity index (χ0v) is 21.3. The average molecular weight is 489 g/mol. The van der Waals surface area contributed by atoms with Crippen molar-refractivity contribution in [3.63, 3.8) is 0 Å². The van der Waals surface area contributed by atoms with Gasteiger partial charge in [-0.1, -0.05) is 86.0 Å². The van der Waals surface area contributed by atoms with E-state index in [0.29, 0.717) is 36.1 Å². The number of benzene rings is 2. The lowest BCUT2D eigenvalue weighted by atomic mass is 9.88. The van der Waals surface area contributed by atoms with Gasteiger partial charge in [0, 0.05) is 29.2 Å². The van der Waals surface area contributed by atoms with E-state index in [2.05, 4.69) is 61.3 Å². The zero-order valence-electron chi connectivity index (χ0n) is 21.3. The number of rotatable bonds is 7. The molecular weight excluding hydrogens is 456 g/mol. The van der Waals surface area contributed by atoms with Gasteiger partial charge in [0.25, 0.3) is 0 Å². The second-order valence-corrected chi connectivity index (χ2v) is 9.87. The van der Waals surface area contributed by atoms with Crippen molar-refractivity contribution in [1.82, 2.24) is 9.97 Å². The lowest BCUT2D eigenvalue weighted by molar-refractivity contribution is 0.306. The number of nitrogens with zero attached hydrogens (tertiary/aromatic N) is 3. The van der Waals surface area contributed by atoms with Crippen LogP contribution in [-0.4, -0.2) is 9.97 Å². The molecule has 1 aromatic heterocycles. The van der Waals surface area contributed by atoms with Gasteiger partial charge in [-0.25, -0.2) is 9.97 Å². The monoisotopic (exact) mass is 488 g/mol. The van der Waals surface area contributed by atoms with Gasteiger partial charge in [0.05, 0.1) is 6.07 Å². The predicted octanol–water partition coefficient (Wildman–Crippen LogP) is 7.78. The molecule has 1 saturated carbocycles. The number of allylic oxidation sites excluding steroid dienone is 4. The van der Waals surface area contributed by atoms with Crippen molar-refractivity contribution in [2.75, 3.05) is 5.32 Å². The molecule has 0 spiro atoms. The number of ether oxygens (including phenoxy) is 1. The van der Waals surface area contributed by atoms with Crippen LogP contribution in [0.1, 0.15) is 61.4 Å². The van der Waals surface area contributed by atoms with Crippen LogP contribution in [0.5, 0.6) is 5.75 Å². The standard InChI is InChI=1S/C32H32N4O/c1-22-13-16-26(17-14-22)29-30(37-21-24-9-5-3-6-10-24)32(34-28-18-15-25(20-33)19-23(28)2)36-31(35-29)27-11-7-4-8-12-27/h3,5-6,9-10,13-18,27H,2,4,7-8,11-12,19,21H2,1H3,(H,34,35,36). The molecule has 5 rings (SSSR count). The molecule has 1 fully saturated rings. The number of hydrogen-bond acceptors (Lipinski definition) is 5. The molecule has 37 heavy (non-hydrogen) atoms. The Kier molecular flexibility index (Phi) is 7.46. The van der Waals surface area contributed by atoms with Gasteiger partial charge in [0.2, 0.25) is 0 Å². The Morgan fingerprint density at radius 1 is 1.00 bits per heavy atom. The molecule has 1 N–H and O–H groups in total. The van der Waals surface area contributed by atoms with E-state index < -0.39 is 0 Å². The fourth-order valence-corrected chi connectivity index (χ4v) is 4.89. The smallest absolute Gasteiger partial charge is 0.188 e. The van der Waals surface area contributed by atoms with E-state index in [-0.39, 0.29) is 0 Å². The fraction of sp³-hybridized carbons (Fsp3) is 0.281. The molecule has 5 heteroatoms. The van der Waals surface area contributed by atoms with E-state index >= 15 is 0 Å². The third kappa shape index (κ3) is 5.81. The maximum Gasteiger partial charge on any atom is 0.188 e. The van der Waals surface area contributed by atoms with E-state index in [1.54, 1.807) is 0 Å². The normalized spacial score (nSPS) is 15.9. The summed E-state index contributed by atoms with van der Waals surface area (Å²) in [4.78, 5) is 10.2. The Morgan fingerprint density at radius 3 is 2.46 bits per heavy atom. The van der Waals surface area contributed by atoms with E-state index in [1.807, 2.05) is 30.4 Å². The molecule has 1 heterocycles. The topological polar surface area (TPSA) is 70.8 Å². The van der Waals surface area contributed by atoms with Crippen LogP contribution in [-0.2, 0) is 6.61 Å². The van der Waals surface area contributed by atoms with Crippen molar-refractivity contribution < 1.29 is 4.74 Å². The van der Waals surface area contributed by atoms with Crippen LogP contribution >= 0.6 is 0 Å². The summed E-state index contributed by atoms with van der Waals surface area (Å²) < 4.78 is 6.49. The van der Waals surface area contributed by atoms with Gasteiger partial charge in [0.15, 0.2) is 11.6 Å². The quantitative estimate of drug-likeness (QED) is 0.368. The van der Waals surface area contributed by atoms with E-state index in [4.69, 9.17) is 14.7 Å². The second-order valence-electron chi connectivity index (χ2n) is 9.87. The van der Waals surface area contributed by atoms with E-state index in [0.717, 1.165) is 46.8 Å². The molecule has 0 atom stereocenters. The minimum atomic E-state index is 0.329. The summed E-state index contributed by atoms with van der Waals surface area (Å²) in [6.07, 6.45) is 10.1. The van der Waals surface area contributed by atoms with Crippen LogP contribution < -0.4 is 10.1 Å². The first-order chi connectivity index (χ1) is 18.1. The van der Waals surface area contributed by atoms with Crippen LogP contribution in [0.2, 0.25) is 0 Å². The molecule has 186 valence electrons. The first kappa shape index (κ1) is 24.5. The maximum absolute atomic E-state index is 9.32. The lowest BCUT2D eigenvalue weighted by Gasteiger charge is -2.24. The first-order valence-electron chi connectivity index (χ1n) is 13.0. The maximum atomic E-state index is 9.32. The lowest BCUT2D eigenvalue weighted by Crippen LogP contribution is -2.15. The summed E-state index contributed by atoms with van der Waals surface area (Å²) in [5.41, 5.74) is 6.45. The van der Waals surface area contributed by atoms with Gasteiger partial charge in [-0.2, -0.15) is 5.26 Å². The first-order valence-corrected chi connectivity index (χ1v) is 13.0. The van der Waals surface area contributed by atoms with Crippen molar-refractivity contribution in [1.29, 1.82) is 5.26 Å². The summed E-state index contributed by atoms with van der Waals surface area (Å²) in [6, 6.07) is 20.8. The van der Waals surface area contributed by atoms with Crippen LogP contribution in [0.3, 0.4) is 0 Å². The molecule has 0 unspecified atom stereocenters. The SMILES string of the molecule is C=C1CC(C#N)=CC=C1Nc1nc(C2CCCCC2)nc(-c2ccc(C)cc2)c1OCc1ccccc1. The summed E-state index contributed by atoms with van der Waals surface area (Å²) in [5.74, 6) is 2.45. The number of nitriles is 1. The summed E-state index contributed by atoms with van der Waals surface area (Å²) in [5, 5.41) is 12.8. The van der Waals surface area contributed by atoms with Crippen molar-refractivity contribution in [2.24, 2.45) is 0 Å². The van der Waals surface area contributed by atoms with Crippen molar-refractivity contribution in [2.45, 2.75) is 58.0 Å². The molecule has 5 nitrogen and oxygen atoms in total. The Balaban J connectivity index is 1.62. The van der Waals surface area contributed by atoms with E-state index in [1.165, 1.54) is 24.8 Å². The highest BCUT2D eigenvalue weighted by Crippen LogP contribution is 2.40. The van der Waals surface area contributed by atoms with Crippen LogP contribution in [0.25, 0.3) is 11.3 Å². The van der Waals surface area contributed by atoms with Gasteiger partial charge in [-0.3, -0.25) is 0 Å². The highest BCUT2D eigenvalue weighted by Gasteiger charge is 2.25.